The van der Waals surface area contributed by atoms with E-state index >= 15 is 0 Å². The van der Waals surface area contributed by atoms with Crippen LogP contribution in [0.3, 0.4) is 0 Å². The number of nitrogens with zero attached hydrogens (tertiary/aromatic N) is 6. The molecule has 0 unspecified atom stereocenters. The van der Waals surface area contributed by atoms with Gasteiger partial charge in [0.2, 0.25) is 5.95 Å². The molecule has 1 atom stereocenters. The monoisotopic (exact) mass is 436 g/mol. The predicted octanol–water partition coefficient (Wildman–Crippen LogP) is 3.90. The molecule has 1 saturated heterocycles. The third-order valence-electron chi connectivity index (χ3n) is 5.75. The Morgan fingerprint density at radius 3 is 2.69 bits per heavy atom. The van der Waals surface area contributed by atoms with E-state index in [1.807, 2.05) is 38.1 Å². The van der Waals surface area contributed by atoms with Crippen LogP contribution in [0.1, 0.15) is 22.9 Å². The summed E-state index contributed by atoms with van der Waals surface area (Å²) in [6, 6.07) is 5.40. The van der Waals surface area contributed by atoms with Crippen molar-refractivity contribution in [3.8, 4) is 11.3 Å². The van der Waals surface area contributed by atoms with Crippen LogP contribution in [0.25, 0.3) is 22.3 Å². The van der Waals surface area contributed by atoms with E-state index < -0.39 is 11.6 Å². The summed E-state index contributed by atoms with van der Waals surface area (Å²) in [6.45, 7) is 5.43. The molecule has 0 amide bonds. The standard InChI is InChI=1S/C23H22F2N6O/c1-13-8-18-21(17-5-4-16(24)9-19(17)25)28-23(29-22(18)27-14(13)2)31-6-7-32-20(12-31)15-10-26-30(3)11-15/h4-5,8-11,20H,6-7,12H2,1-3H3/t20-/m0/s1. The molecule has 0 radical (unpaired) electrons. The Labute approximate surface area is 183 Å². The van der Waals surface area contributed by atoms with Crippen molar-refractivity contribution >= 4 is 17.0 Å². The average molecular weight is 436 g/mol. The maximum atomic E-state index is 14.7. The molecule has 1 aliphatic heterocycles. The van der Waals surface area contributed by atoms with E-state index in [-0.39, 0.29) is 11.7 Å². The average Bonchev–Trinajstić information content (AvgIpc) is 3.21. The second kappa shape index (κ2) is 7.90. The Morgan fingerprint density at radius 1 is 1.09 bits per heavy atom. The predicted molar refractivity (Wildman–Crippen MR) is 116 cm³/mol. The van der Waals surface area contributed by atoms with E-state index in [0.717, 1.165) is 22.9 Å². The Balaban J connectivity index is 1.62. The number of fused-ring (bicyclic) bond motifs is 1. The third kappa shape index (κ3) is 3.69. The lowest BCUT2D eigenvalue weighted by atomic mass is 10.1. The first-order valence-corrected chi connectivity index (χ1v) is 10.4. The quantitative estimate of drug-likeness (QED) is 0.485. The summed E-state index contributed by atoms with van der Waals surface area (Å²) in [5, 5.41) is 4.85. The summed E-state index contributed by atoms with van der Waals surface area (Å²) in [6.07, 6.45) is 3.51. The molecule has 4 aromatic rings. The number of rotatable bonds is 3. The molecule has 0 N–H and O–H groups in total. The van der Waals surface area contributed by atoms with E-state index in [1.165, 1.54) is 12.1 Å². The zero-order chi connectivity index (χ0) is 22.4. The van der Waals surface area contributed by atoms with Gasteiger partial charge in [-0.05, 0) is 37.6 Å². The summed E-state index contributed by atoms with van der Waals surface area (Å²) in [5.41, 5.74) is 3.82. The molecule has 9 heteroatoms. The van der Waals surface area contributed by atoms with Gasteiger partial charge in [0, 0.05) is 48.1 Å². The van der Waals surface area contributed by atoms with Gasteiger partial charge in [-0.1, -0.05) is 0 Å². The fourth-order valence-electron chi connectivity index (χ4n) is 3.90. The molecule has 3 aromatic heterocycles. The van der Waals surface area contributed by atoms with Gasteiger partial charge in [0.25, 0.3) is 0 Å². The molecule has 32 heavy (non-hydrogen) atoms. The number of ether oxygens (including phenoxy) is 1. The number of anilines is 1. The highest BCUT2D eigenvalue weighted by Gasteiger charge is 2.26. The Hall–Kier alpha value is -3.46. The zero-order valence-electron chi connectivity index (χ0n) is 18.0. The summed E-state index contributed by atoms with van der Waals surface area (Å²) in [5.74, 6) is -0.879. The molecule has 5 rings (SSSR count). The smallest absolute Gasteiger partial charge is 0.228 e. The number of aryl methyl sites for hydroxylation is 3. The van der Waals surface area contributed by atoms with E-state index in [4.69, 9.17) is 14.7 Å². The topological polar surface area (TPSA) is 69.0 Å². The van der Waals surface area contributed by atoms with Crippen LogP contribution in [0.2, 0.25) is 0 Å². The lowest BCUT2D eigenvalue weighted by molar-refractivity contribution is 0.0392. The number of hydrogen-bond acceptors (Lipinski definition) is 6. The molecule has 0 bridgehead atoms. The highest BCUT2D eigenvalue weighted by atomic mass is 19.1. The molecular weight excluding hydrogens is 414 g/mol. The lowest BCUT2D eigenvalue weighted by Gasteiger charge is -2.32. The van der Waals surface area contributed by atoms with Gasteiger partial charge >= 0.3 is 0 Å². The van der Waals surface area contributed by atoms with E-state index in [0.29, 0.717) is 42.4 Å². The van der Waals surface area contributed by atoms with Crippen LogP contribution in [-0.4, -0.2) is 44.4 Å². The van der Waals surface area contributed by atoms with Gasteiger partial charge in [-0.15, -0.1) is 0 Å². The molecule has 0 saturated carbocycles. The largest absolute Gasteiger partial charge is 0.370 e. The number of aromatic nitrogens is 5. The number of halogens is 2. The SMILES string of the molecule is Cc1cc2c(-c3ccc(F)cc3F)nc(N3CCO[C@H](c4cnn(C)c4)C3)nc2nc1C. The molecule has 0 spiro atoms. The first-order valence-electron chi connectivity index (χ1n) is 10.4. The number of benzene rings is 1. The van der Waals surface area contributed by atoms with Crippen molar-refractivity contribution in [2.24, 2.45) is 7.05 Å². The van der Waals surface area contributed by atoms with Gasteiger partial charge in [0.05, 0.1) is 25.0 Å². The Morgan fingerprint density at radius 2 is 1.94 bits per heavy atom. The number of morpholine rings is 1. The summed E-state index contributed by atoms with van der Waals surface area (Å²) in [7, 11) is 1.86. The van der Waals surface area contributed by atoms with Crippen molar-refractivity contribution in [1.82, 2.24) is 24.7 Å². The number of pyridine rings is 1. The zero-order valence-corrected chi connectivity index (χ0v) is 18.0. The minimum atomic E-state index is -0.676. The molecule has 1 aliphatic rings. The second-order valence-corrected chi connectivity index (χ2v) is 8.01. The van der Waals surface area contributed by atoms with Gasteiger partial charge in [-0.3, -0.25) is 4.68 Å². The van der Waals surface area contributed by atoms with Crippen LogP contribution in [0, 0.1) is 25.5 Å². The van der Waals surface area contributed by atoms with Crippen molar-refractivity contribution in [3.63, 3.8) is 0 Å². The van der Waals surface area contributed by atoms with Gasteiger partial charge in [0.1, 0.15) is 17.7 Å². The Bertz CT molecular complexity index is 1320. The van der Waals surface area contributed by atoms with Crippen LogP contribution < -0.4 is 4.90 Å². The van der Waals surface area contributed by atoms with Gasteiger partial charge in [0.15, 0.2) is 5.65 Å². The highest BCUT2D eigenvalue weighted by Crippen LogP contribution is 2.32. The van der Waals surface area contributed by atoms with Gasteiger partial charge in [-0.25, -0.2) is 18.7 Å². The second-order valence-electron chi connectivity index (χ2n) is 8.01. The first kappa shape index (κ1) is 20.4. The number of hydrogen-bond donors (Lipinski definition) is 0. The molecule has 164 valence electrons. The first-order chi connectivity index (χ1) is 15.4. The molecule has 1 fully saturated rings. The van der Waals surface area contributed by atoms with Crippen molar-refractivity contribution in [1.29, 1.82) is 0 Å². The fourth-order valence-corrected chi connectivity index (χ4v) is 3.90. The van der Waals surface area contributed by atoms with Crippen LogP contribution in [0.5, 0.6) is 0 Å². The van der Waals surface area contributed by atoms with E-state index in [9.17, 15) is 8.78 Å². The molecule has 7 nitrogen and oxygen atoms in total. The van der Waals surface area contributed by atoms with Gasteiger partial charge < -0.3 is 9.64 Å². The van der Waals surface area contributed by atoms with Crippen molar-refractivity contribution in [2.75, 3.05) is 24.6 Å². The van der Waals surface area contributed by atoms with Crippen LogP contribution in [0.15, 0.2) is 36.7 Å². The Kier molecular flexibility index (Phi) is 5.05. The van der Waals surface area contributed by atoms with Crippen molar-refractivity contribution in [2.45, 2.75) is 20.0 Å². The van der Waals surface area contributed by atoms with E-state index in [1.54, 1.807) is 10.9 Å². The minimum absolute atomic E-state index is 0.185. The van der Waals surface area contributed by atoms with Crippen LogP contribution >= 0.6 is 0 Å². The van der Waals surface area contributed by atoms with Crippen LogP contribution in [0.4, 0.5) is 14.7 Å². The molecule has 4 heterocycles. The summed E-state index contributed by atoms with van der Waals surface area (Å²) < 4.78 is 36.0. The maximum Gasteiger partial charge on any atom is 0.228 e. The minimum Gasteiger partial charge on any atom is -0.370 e. The fraction of sp³-hybridized carbons (Fsp3) is 0.304. The van der Waals surface area contributed by atoms with Gasteiger partial charge in [-0.2, -0.15) is 10.1 Å². The van der Waals surface area contributed by atoms with Crippen molar-refractivity contribution in [3.05, 3.63) is 65.1 Å². The summed E-state index contributed by atoms with van der Waals surface area (Å²) in [4.78, 5) is 16.1. The molecular formula is C23H22F2N6O. The van der Waals surface area contributed by atoms with Crippen LogP contribution in [-0.2, 0) is 11.8 Å². The highest BCUT2D eigenvalue weighted by molar-refractivity contribution is 5.92. The van der Waals surface area contributed by atoms with E-state index in [2.05, 4.69) is 10.1 Å². The van der Waals surface area contributed by atoms with Crippen molar-refractivity contribution < 1.29 is 13.5 Å². The molecule has 1 aromatic carbocycles. The normalized spacial score (nSPS) is 16.7. The summed E-state index contributed by atoms with van der Waals surface area (Å²) >= 11 is 0. The molecule has 0 aliphatic carbocycles. The third-order valence-corrected chi connectivity index (χ3v) is 5.75. The lowest BCUT2D eigenvalue weighted by Crippen LogP contribution is -2.39. The maximum absolute atomic E-state index is 14.7.